The molecule has 1 unspecified atom stereocenters. The number of carbonyl (C=O) groups is 1. The number of nitrogens with one attached hydrogen (secondary N) is 1. The summed E-state index contributed by atoms with van der Waals surface area (Å²) in [6, 6.07) is 0.357. The van der Waals surface area contributed by atoms with Gasteiger partial charge in [0, 0.05) is 32.3 Å². The number of nitrogens with zero attached hydrogens (tertiary/aromatic N) is 1. The molecule has 0 aromatic carbocycles. The second kappa shape index (κ2) is 6.35. The summed E-state index contributed by atoms with van der Waals surface area (Å²) in [5.41, 5.74) is 0. The van der Waals surface area contributed by atoms with Crippen molar-refractivity contribution >= 4 is 15.7 Å². The molecule has 0 spiro atoms. The number of piperidine rings is 1. The fraction of sp³-hybridized carbons (Fsp3) is 0.909. The Morgan fingerprint density at radius 1 is 1.41 bits per heavy atom. The molecular formula is C11H22N2O3S. The maximum atomic E-state index is 11.7. The monoisotopic (exact) mass is 262 g/mol. The van der Waals surface area contributed by atoms with E-state index in [-0.39, 0.29) is 18.1 Å². The lowest BCUT2D eigenvalue weighted by molar-refractivity contribution is -0.129. The van der Waals surface area contributed by atoms with Crippen LogP contribution in [0.25, 0.3) is 0 Å². The molecule has 1 aliphatic rings. The molecule has 1 atom stereocenters. The molecule has 17 heavy (non-hydrogen) atoms. The highest BCUT2D eigenvalue weighted by atomic mass is 32.2. The van der Waals surface area contributed by atoms with Crippen molar-refractivity contribution in [3.63, 3.8) is 0 Å². The highest BCUT2D eigenvalue weighted by Crippen LogP contribution is 2.08. The zero-order valence-corrected chi connectivity index (χ0v) is 11.4. The largest absolute Gasteiger partial charge is 0.344 e. The van der Waals surface area contributed by atoms with Crippen molar-refractivity contribution in [2.75, 3.05) is 32.1 Å². The average molecular weight is 262 g/mol. The van der Waals surface area contributed by atoms with Crippen LogP contribution in [-0.4, -0.2) is 57.4 Å². The maximum absolute atomic E-state index is 11.7. The normalized spacial score (nSPS) is 21.2. The molecule has 1 fully saturated rings. The fourth-order valence-electron chi connectivity index (χ4n) is 1.98. The Kier molecular flexibility index (Phi) is 5.39. The number of rotatable bonds is 5. The zero-order valence-electron chi connectivity index (χ0n) is 10.6. The first kappa shape index (κ1) is 14.4. The van der Waals surface area contributed by atoms with Crippen LogP contribution >= 0.6 is 0 Å². The topological polar surface area (TPSA) is 66.5 Å². The standard InChI is InChI=1S/C11H22N2O3S/c1-13(9-10-5-3-4-7-12-10)11(14)6-8-17(2,15)16/h10,12H,3-9H2,1-2H3. The van der Waals surface area contributed by atoms with Crippen LogP contribution in [0.4, 0.5) is 0 Å². The molecule has 1 N–H and O–H groups in total. The highest BCUT2D eigenvalue weighted by molar-refractivity contribution is 7.90. The van der Waals surface area contributed by atoms with Crippen molar-refractivity contribution in [2.45, 2.75) is 31.7 Å². The minimum atomic E-state index is -3.05. The summed E-state index contributed by atoms with van der Waals surface area (Å²) in [7, 11) is -1.31. The Hall–Kier alpha value is -0.620. The van der Waals surface area contributed by atoms with Crippen LogP contribution in [0.3, 0.4) is 0 Å². The van der Waals surface area contributed by atoms with Gasteiger partial charge in [-0.2, -0.15) is 0 Å². The van der Waals surface area contributed by atoms with Gasteiger partial charge in [0.05, 0.1) is 5.75 Å². The van der Waals surface area contributed by atoms with E-state index in [2.05, 4.69) is 5.32 Å². The van der Waals surface area contributed by atoms with Crippen molar-refractivity contribution in [3.05, 3.63) is 0 Å². The number of carbonyl (C=O) groups excluding carboxylic acids is 1. The molecule has 5 nitrogen and oxygen atoms in total. The molecule has 0 saturated carbocycles. The van der Waals surface area contributed by atoms with E-state index in [4.69, 9.17) is 0 Å². The second-order valence-corrected chi connectivity index (χ2v) is 7.06. The van der Waals surface area contributed by atoms with E-state index in [0.717, 1.165) is 19.2 Å². The summed E-state index contributed by atoms with van der Waals surface area (Å²) in [5, 5.41) is 3.37. The highest BCUT2D eigenvalue weighted by Gasteiger charge is 2.18. The van der Waals surface area contributed by atoms with E-state index >= 15 is 0 Å². The number of amides is 1. The minimum Gasteiger partial charge on any atom is -0.344 e. The van der Waals surface area contributed by atoms with E-state index < -0.39 is 9.84 Å². The first-order valence-corrected chi connectivity index (χ1v) is 8.09. The van der Waals surface area contributed by atoms with E-state index in [0.29, 0.717) is 12.6 Å². The van der Waals surface area contributed by atoms with Gasteiger partial charge in [0.15, 0.2) is 0 Å². The molecule has 0 bridgehead atoms. The van der Waals surface area contributed by atoms with Crippen LogP contribution in [0.5, 0.6) is 0 Å². The lowest BCUT2D eigenvalue weighted by Crippen LogP contribution is -2.44. The molecule has 0 radical (unpaired) electrons. The van der Waals surface area contributed by atoms with Gasteiger partial charge in [-0.1, -0.05) is 6.42 Å². The molecule has 0 aromatic rings. The van der Waals surface area contributed by atoms with Crippen molar-refractivity contribution < 1.29 is 13.2 Å². The predicted molar refractivity (Wildman–Crippen MR) is 67.6 cm³/mol. The van der Waals surface area contributed by atoms with Crippen molar-refractivity contribution in [2.24, 2.45) is 0 Å². The third-order valence-electron chi connectivity index (χ3n) is 3.02. The van der Waals surface area contributed by atoms with Gasteiger partial charge >= 0.3 is 0 Å². The van der Waals surface area contributed by atoms with Gasteiger partial charge in [-0.05, 0) is 19.4 Å². The molecule has 1 aliphatic heterocycles. The quantitative estimate of drug-likeness (QED) is 0.758. The second-order valence-electron chi connectivity index (χ2n) is 4.80. The summed E-state index contributed by atoms with van der Waals surface area (Å²) < 4.78 is 21.9. The van der Waals surface area contributed by atoms with Crippen LogP contribution in [-0.2, 0) is 14.6 Å². The van der Waals surface area contributed by atoms with Gasteiger partial charge in [-0.15, -0.1) is 0 Å². The summed E-state index contributed by atoms with van der Waals surface area (Å²) in [5.74, 6) is -0.156. The Morgan fingerprint density at radius 3 is 2.65 bits per heavy atom. The Labute approximate surface area is 103 Å². The van der Waals surface area contributed by atoms with Crippen molar-refractivity contribution in [1.82, 2.24) is 10.2 Å². The molecule has 1 heterocycles. The van der Waals surface area contributed by atoms with E-state index in [1.54, 1.807) is 11.9 Å². The van der Waals surface area contributed by atoms with E-state index in [1.807, 2.05) is 0 Å². The smallest absolute Gasteiger partial charge is 0.223 e. The van der Waals surface area contributed by atoms with Crippen LogP contribution in [0.1, 0.15) is 25.7 Å². The van der Waals surface area contributed by atoms with Gasteiger partial charge in [-0.25, -0.2) is 8.42 Å². The fourth-order valence-corrected chi connectivity index (χ4v) is 2.52. The van der Waals surface area contributed by atoms with Gasteiger partial charge in [0.1, 0.15) is 9.84 Å². The Morgan fingerprint density at radius 2 is 2.12 bits per heavy atom. The Bertz CT molecular complexity index is 348. The first-order valence-electron chi connectivity index (χ1n) is 6.03. The third-order valence-corrected chi connectivity index (χ3v) is 3.96. The van der Waals surface area contributed by atoms with Gasteiger partial charge in [0.2, 0.25) is 5.91 Å². The van der Waals surface area contributed by atoms with E-state index in [1.165, 1.54) is 12.8 Å². The average Bonchev–Trinajstić information content (AvgIpc) is 2.26. The minimum absolute atomic E-state index is 0.0612. The maximum Gasteiger partial charge on any atom is 0.223 e. The number of sulfone groups is 1. The van der Waals surface area contributed by atoms with E-state index in [9.17, 15) is 13.2 Å². The number of likely N-dealkylation sites (N-methyl/N-ethyl adjacent to an activating group) is 1. The first-order chi connectivity index (χ1) is 7.88. The van der Waals surface area contributed by atoms with Crippen LogP contribution in [0, 0.1) is 0 Å². The van der Waals surface area contributed by atoms with Crippen LogP contribution in [0.2, 0.25) is 0 Å². The molecule has 1 amide bonds. The van der Waals surface area contributed by atoms with Crippen LogP contribution < -0.4 is 5.32 Å². The molecule has 100 valence electrons. The molecule has 0 aliphatic carbocycles. The lowest BCUT2D eigenvalue weighted by atomic mass is 10.0. The van der Waals surface area contributed by atoms with Crippen molar-refractivity contribution in [3.8, 4) is 0 Å². The lowest BCUT2D eigenvalue weighted by Gasteiger charge is -2.28. The molecular weight excluding hydrogens is 240 g/mol. The Balaban J connectivity index is 2.30. The molecule has 1 saturated heterocycles. The van der Waals surface area contributed by atoms with Crippen molar-refractivity contribution in [1.29, 1.82) is 0 Å². The van der Waals surface area contributed by atoms with Gasteiger partial charge in [0.25, 0.3) is 0 Å². The molecule has 1 rings (SSSR count). The number of hydrogen-bond donors (Lipinski definition) is 1. The summed E-state index contributed by atoms with van der Waals surface area (Å²) in [6.45, 7) is 1.68. The third kappa shape index (κ3) is 6.02. The molecule has 0 aromatic heterocycles. The predicted octanol–water partition coefficient (Wildman–Crippen LogP) is 0.0216. The zero-order chi connectivity index (χ0) is 12.9. The summed E-state index contributed by atoms with van der Waals surface area (Å²) >= 11 is 0. The SMILES string of the molecule is CN(CC1CCCCN1)C(=O)CCS(C)(=O)=O. The number of hydrogen-bond acceptors (Lipinski definition) is 4. The molecule has 6 heteroatoms. The summed E-state index contributed by atoms with van der Waals surface area (Å²) in [4.78, 5) is 13.3. The summed E-state index contributed by atoms with van der Waals surface area (Å²) in [6.07, 6.45) is 4.72. The van der Waals surface area contributed by atoms with Gasteiger partial charge < -0.3 is 10.2 Å². The van der Waals surface area contributed by atoms with Gasteiger partial charge in [-0.3, -0.25) is 4.79 Å². The van der Waals surface area contributed by atoms with Crippen LogP contribution in [0.15, 0.2) is 0 Å².